The van der Waals surface area contributed by atoms with Crippen LogP contribution in [0, 0.1) is 6.92 Å². The minimum Gasteiger partial charge on any atom is -0.494 e. The van der Waals surface area contributed by atoms with Crippen molar-refractivity contribution in [3.63, 3.8) is 0 Å². The summed E-state index contributed by atoms with van der Waals surface area (Å²) in [7, 11) is -3.94. The highest BCUT2D eigenvalue weighted by molar-refractivity contribution is 7.92. The maximum Gasteiger partial charge on any atom is 0.337 e. The average Bonchev–Trinajstić information content (AvgIpc) is 2.68. The number of carboxylic acid groups (broad SMARTS) is 1. The number of anilines is 1. The molecule has 2 rings (SSSR count). The van der Waals surface area contributed by atoms with Crippen molar-refractivity contribution in [1.82, 2.24) is 0 Å². The van der Waals surface area contributed by atoms with Crippen LogP contribution >= 0.6 is 0 Å². The van der Waals surface area contributed by atoms with Crippen molar-refractivity contribution in [2.24, 2.45) is 0 Å². The first-order chi connectivity index (χ1) is 13.8. The van der Waals surface area contributed by atoms with Gasteiger partial charge in [-0.3, -0.25) is 4.72 Å². The highest BCUT2D eigenvalue weighted by atomic mass is 32.2. The third kappa shape index (κ3) is 7.09. The van der Waals surface area contributed by atoms with Gasteiger partial charge in [-0.15, -0.1) is 0 Å². The van der Waals surface area contributed by atoms with Gasteiger partial charge in [-0.1, -0.05) is 56.7 Å². The monoisotopic (exact) mass is 419 g/mol. The Morgan fingerprint density at radius 2 is 1.76 bits per heavy atom. The minimum absolute atomic E-state index is 0.0230. The number of unbranched alkanes of at least 4 members (excludes halogenated alkanes) is 5. The van der Waals surface area contributed by atoms with E-state index < -0.39 is 16.0 Å². The molecule has 2 N–H and O–H groups in total. The lowest BCUT2D eigenvalue weighted by Crippen LogP contribution is -2.16. The number of aromatic carboxylic acids is 1. The van der Waals surface area contributed by atoms with Crippen molar-refractivity contribution in [3.8, 4) is 5.75 Å². The fourth-order valence-corrected chi connectivity index (χ4v) is 4.05. The van der Waals surface area contributed by atoms with E-state index in [0.29, 0.717) is 12.4 Å². The molecule has 0 aliphatic heterocycles. The second kappa shape index (κ2) is 10.9. The Hall–Kier alpha value is -2.54. The van der Waals surface area contributed by atoms with E-state index in [9.17, 15) is 18.3 Å². The van der Waals surface area contributed by atoms with Crippen molar-refractivity contribution < 1.29 is 23.1 Å². The number of carboxylic acids is 1. The van der Waals surface area contributed by atoms with Crippen LogP contribution in [0.15, 0.2) is 47.4 Å². The van der Waals surface area contributed by atoms with Crippen molar-refractivity contribution in [2.75, 3.05) is 11.3 Å². The first kappa shape index (κ1) is 22.7. The van der Waals surface area contributed by atoms with Gasteiger partial charge in [0.1, 0.15) is 5.75 Å². The third-order valence-corrected chi connectivity index (χ3v) is 5.90. The zero-order chi connectivity index (χ0) is 21.3. The quantitative estimate of drug-likeness (QED) is 0.459. The van der Waals surface area contributed by atoms with Crippen LogP contribution in [0.5, 0.6) is 5.75 Å². The predicted molar refractivity (Wildman–Crippen MR) is 114 cm³/mol. The summed E-state index contributed by atoms with van der Waals surface area (Å²) in [6.07, 6.45) is 6.88. The van der Waals surface area contributed by atoms with Crippen LogP contribution in [-0.4, -0.2) is 26.1 Å². The van der Waals surface area contributed by atoms with E-state index in [2.05, 4.69) is 11.6 Å². The number of hydrogen-bond donors (Lipinski definition) is 2. The van der Waals surface area contributed by atoms with Crippen molar-refractivity contribution >= 4 is 21.7 Å². The van der Waals surface area contributed by atoms with Gasteiger partial charge in [-0.2, -0.15) is 0 Å². The lowest BCUT2D eigenvalue weighted by Gasteiger charge is -2.12. The molecule has 6 nitrogen and oxygen atoms in total. The summed E-state index contributed by atoms with van der Waals surface area (Å²) < 4.78 is 33.5. The molecule has 7 heteroatoms. The summed E-state index contributed by atoms with van der Waals surface area (Å²) in [5.74, 6) is -0.716. The van der Waals surface area contributed by atoms with E-state index in [1.807, 2.05) is 0 Å². The molecule has 0 amide bonds. The van der Waals surface area contributed by atoms with Crippen LogP contribution < -0.4 is 9.46 Å². The molecule has 2 aromatic carbocycles. The van der Waals surface area contributed by atoms with Gasteiger partial charge in [0, 0.05) is 6.07 Å². The zero-order valence-electron chi connectivity index (χ0n) is 17.0. The number of carbonyl (C=O) groups is 1. The smallest absolute Gasteiger partial charge is 0.337 e. The summed E-state index contributed by atoms with van der Waals surface area (Å²) in [6, 6.07) is 10.8. The SMILES string of the molecule is CCCCCCCCOc1cccc(S(=O)(=O)Nc2ccc(C)cc2C(=O)O)c1. The van der Waals surface area contributed by atoms with E-state index in [-0.39, 0.29) is 16.1 Å². The van der Waals surface area contributed by atoms with E-state index in [1.54, 1.807) is 25.1 Å². The Bertz CT molecular complexity index is 925. The number of hydrogen-bond acceptors (Lipinski definition) is 4. The highest BCUT2D eigenvalue weighted by Crippen LogP contribution is 2.24. The van der Waals surface area contributed by atoms with Crippen LogP contribution in [0.25, 0.3) is 0 Å². The molecule has 0 aliphatic rings. The van der Waals surface area contributed by atoms with Gasteiger partial charge < -0.3 is 9.84 Å². The molecule has 0 radical (unpaired) electrons. The third-order valence-electron chi connectivity index (χ3n) is 4.53. The van der Waals surface area contributed by atoms with Gasteiger partial charge in [0.25, 0.3) is 10.0 Å². The summed E-state index contributed by atoms with van der Waals surface area (Å²) >= 11 is 0. The summed E-state index contributed by atoms with van der Waals surface area (Å²) in [4.78, 5) is 11.4. The Morgan fingerprint density at radius 1 is 1.03 bits per heavy atom. The standard InChI is InChI=1S/C22H29NO5S/c1-3-4-5-6-7-8-14-28-18-10-9-11-19(16-18)29(26,27)23-21-13-12-17(2)15-20(21)22(24)25/h9-13,15-16,23H,3-8,14H2,1-2H3,(H,24,25). The Kier molecular flexibility index (Phi) is 8.51. The maximum atomic E-state index is 12.7. The largest absolute Gasteiger partial charge is 0.494 e. The highest BCUT2D eigenvalue weighted by Gasteiger charge is 2.19. The van der Waals surface area contributed by atoms with Gasteiger partial charge >= 0.3 is 5.97 Å². The van der Waals surface area contributed by atoms with Gasteiger partial charge in [-0.05, 0) is 37.6 Å². The number of nitrogens with one attached hydrogen (secondary N) is 1. The number of sulfonamides is 1. The first-order valence-electron chi connectivity index (χ1n) is 9.93. The molecule has 158 valence electrons. The summed E-state index contributed by atoms with van der Waals surface area (Å²) in [5, 5.41) is 9.34. The van der Waals surface area contributed by atoms with Gasteiger partial charge in [-0.25, -0.2) is 13.2 Å². The molecule has 0 aromatic heterocycles. The normalized spacial score (nSPS) is 11.2. The van der Waals surface area contributed by atoms with Gasteiger partial charge in [0.05, 0.1) is 22.8 Å². The van der Waals surface area contributed by atoms with E-state index in [0.717, 1.165) is 18.4 Å². The number of benzene rings is 2. The number of aryl methyl sites for hydroxylation is 1. The Morgan fingerprint density at radius 3 is 2.48 bits per heavy atom. The fraction of sp³-hybridized carbons (Fsp3) is 0.409. The second-order valence-corrected chi connectivity index (χ2v) is 8.73. The molecule has 0 bridgehead atoms. The van der Waals surface area contributed by atoms with Crippen LogP contribution in [0.2, 0.25) is 0 Å². The molecule has 0 atom stereocenters. The number of rotatable bonds is 12. The number of ether oxygens (including phenoxy) is 1. The Labute approximate surface area is 173 Å². The molecule has 0 spiro atoms. The molecule has 0 saturated heterocycles. The average molecular weight is 420 g/mol. The van der Waals surface area contributed by atoms with Crippen molar-refractivity contribution in [3.05, 3.63) is 53.6 Å². The molecule has 29 heavy (non-hydrogen) atoms. The Balaban J connectivity index is 2.03. The van der Waals surface area contributed by atoms with Crippen LogP contribution in [0.4, 0.5) is 5.69 Å². The molecule has 2 aromatic rings. The summed E-state index contributed by atoms with van der Waals surface area (Å²) in [5.41, 5.74) is 0.668. The molecular formula is C22H29NO5S. The fourth-order valence-electron chi connectivity index (χ4n) is 2.93. The lowest BCUT2D eigenvalue weighted by molar-refractivity contribution is 0.0698. The van der Waals surface area contributed by atoms with Crippen molar-refractivity contribution in [1.29, 1.82) is 0 Å². The maximum absolute atomic E-state index is 12.7. The van der Waals surface area contributed by atoms with E-state index >= 15 is 0 Å². The zero-order valence-corrected chi connectivity index (χ0v) is 17.8. The van der Waals surface area contributed by atoms with Crippen molar-refractivity contribution in [2.45, 2.75) is 57.3 Å². The van der Waals surface area contributed by atoms with Crippen LogP contribution in [0.1, 0.15) is 61.4 Å². The van der Waals surface area contributed by atoms with Gasteiger partial charge in [0.2, 0.25) is 0 Å². The molecular weight excluding hydrogens is 390 g/mol. The van der Waals surface area contributed by atoms with Gasteiger partial charge in [0.15, 0.2) is 0 Å². The second-order valence-electron chi connectivity index (χ2n) is 7.05. The molecule has 0 heterocycles. The van der Waals surface area contributed by atoms with Crippen LogP contribution in [0.3, 0.4) is 0 Å². The lowest BCUT2D eigenvalue weighted by atomic mass is 10.1. The molecule has 0 aliphatic carbocycles. The van der Waals surface area contributed by atoms with E-state index in [1.165, 1.54) is 49.9 Å². The van der Waals surface area contributed by atoms with E-state index in [4.69, 9.17) is 4.74 Å². The molecule has 0 fully saturated rings. The minimum atomic E-state index is -3.94. The predicted octanol–water partition coefficient (Wildman–Crippen LogP) is 5.23. The summed E-state index contributed by atoms with van der Waals surface area (Å²) in [6.45, 7) is 4.46. The molecule has 0 unspecified atom stereocenters. The molecule has 0 saturated carbocycles. The van der Waals surface area contributed by atoms with Crippen LogP contribution in [-0.2, 0) is 10.0 Å². The first-order valence-corrected chi connectivity index (χ1v) is 11.4. The topological polar surface area (TPSA) is 92.7 Å².